The molecule has 0 aromatic carbocycles. The Kier molecular flexibility index (Phi) is 1.58. The van der Waals surface area contributed by atoms with Gasteiger partial charge in [0.1, 0.15) is 6.33 Å². The van der Waals surface area contributed by atoms with Crippen LogP contribution < -0.4 is 0 Å². The maximum atomic E-state index is 4.11. The molecule has 4 nitrogen and oxygen atoms in total. The van der Waals surface area contributed by atoms with Crippen molar-refractivity contribution in [3.05, 3.63) is 24.2 Å². The summed E-state index contributed by atoms with van der Waals surface area (Å²) in [7, 11) is 0. The van der Waals surface area contributed by atoms with E-state index in [9.17, 15) is 0 Å². The molecule has 0 unspecified atom stereocenters. The van der Waals surface area contributed by atoms with Crippen LogP contribution in [0, 0.1) is 0 Å². The molecule has 0 N–H and O–H groups in total. The van der Waals surface area contributed by atoms with E-state index in [0.717, 1.165) is 5.65 Å². The first-order valence-corrected chi connectivity index (χ1v) is 4.24. The lowest BCUT2D eigenvalue weighted by Crippen LogP contribution is -2.13. The first-order valence-electron chi connectivity index (χ1n) is 4.24. The third-order valence-electron chi connectivity index (χ3n) is 2.01. The molecule has 13 heavy (non-hydrogen) atoms. The summed E-state index contributed by atoms with van der Waals surface area (Å²) in [6, 6.07) is 1.99. The average molecular weight is 176 g/mol. The van der Waals surface area contributed by atoms with Crippen molar-refractivity contribution in [3.63, 3.8) is 0 Å². The Balaban J connectivity index is 2.75. The number of hydrogen-bond acceptors (Lipinski definition) is 3. The molecule has 0 aliphatic heterocycles. The van der Waals surface area contributed by atoms with Crippen LogP contribution in [0.2, 0.25) is 0 Å². The largest absolute Gasteiger partial charge is 0.200 e. The molecule has 0 amide bonds. The summed E-state index contributed by atoms with van der Waals surface area (Å²) in [5, 5.41) is 12.0. The van der Waals surface area contributed by atoms with Gasteiger partial charge in [0.2, 0.25) is 0 Å². The second kappa shape index (κ2) is 2.52. The van der Waals surface area contributed by atoms with Crippen molar-refractivity contribution in [1.29, 1.82) is 0 Å². The van der Waals surface area contributed by atoms with Crippen molar-refractivity contribution >= 4 is 5.65 Å². The zero-order valence-corrected chi connectivity index (χ0v) is 8.02. The molecule has 0 aliphatic rings. The molecule has 0 aliphatic carbocycles. The van der Waals surface area contributed by atoms with Crippen LogP contribution in [0.1, 0.15) is 26.3 Å². The monoisotopic (exact) mass is 176 g/mol. The second-order valence-corrected chi connectivity index (χ2v) is 4.09. The minimum Gasteiger partial charge on any atom is -0.200 e. The van der Waals surface area contributed by atoms with Gasteiger partial charge in [0.25, 0.3) is 0 Å². The van der Waals surface area contributed by atoms with Crippen LogP contribution in [0.4, 0.5) is 0 Å². The van der Waals surface area contributed by atoms with E-state index in [2.05, 4.69) is 36.1 Å². The first kappa shape index (κ1) is 8.16. The van der Waals surface area contributed by atoms with E-state index in [1.165, 1.54) is 5.56 Å². The maximum Gasteiger partial charge on any atom is 0.181 e. The van der Waals surface area contributed by atoms with Crippen LogP contribution in [0.5, 0.6) is 0 Å². The van der Waals surface area contributed by atoms with Crippen LogP contribution >= 0.6 is 0 Å². The molecule has 0 fully saturated rings. The smallest absolute Gasteiger partial charge is 0.181 e. The van der Waals surface area contributed by atoms with Crippen LogP contribution in [0.3, 0.4) is 0 Å². The van der Waals surface area contributed by atoms with E-state index in [1.807, 2.05) is 6.07 Å². The zero-order chi connectivity index (χ0) is 9.47. The molecular weight excluding hydrogens is 164 g/mol. The predicted octanol–water partition coefficient (Wildman–Crippen LogP) is 1.42. The summed E-state index contributed by atoms with van der Waals surface area (Å²) in [5.74, 6) is 0. The molecule has 0 saturated heterocycles. The van der Waals surface area contributed by atoms with Gasteiger partial charge in [-0.2, -0.15) is 5.10 Å². The van der Waals surface area contributed by atoms with Crippen LogP contribution in [-0.2, 0) is 5.41 Å². The Bertz CT molecular complexity index is 424. The van der Waals surface area contributed by atoms with E-state index in [1.54, 1.807) is 17.0 Å². The van der Waals surface area contributed by atoms with E-state index < -0.39 is 0 Å². The third-order valence-corrected chi connectivity index (χ3v) is 2.01. The maximum absolute atomic E-state index is 4.11. The van der Waals surface area contributed by atoms with E-state index >= 15 is 0 Å². The van der Waals surface area contributed by atoms with Gasteiger partial charge in [-0.15, -0.1) is 10.2 Å². The topological polar surface area (TPSA) is 43.1 Å². The van der Waals surface area contributed by atoms with Crippen molar-refractivity contribution in [3.8, 4) is 0 Å². The highest BCUT2D eigenvalue weighted by Crippen LogP contribution is 2.23. The Hall–Kier alpha value is -1.45. The van der Waals surface area contributed by atoms with Crippen LogP contribution in [0.15, 0.2) is 18.6 Å². The lowest BCUT2D eigenvalue weighted by molar-refractivity contribution is 0.588. The fourth-order valence-corrected chi connectivity index (χ4v) is 1.33. The van der Waals surface area contributed by atoms with E-state index in [-0.39, 0.29) is 5.41 Å². The standard InChI is InChI=1S/C9H12N4/c1-9(2,3)7-4-5-11-13-6-10-12-8(7)13/h4-6H,1-3H3. The van der Waals surface area contributed by atoms with E-state index in [0.29, 0.717) is 0 Å². The summed E-state index contributed by atoms with van der Waals surface area (Å²) >= 11 is 0. The Morgan fingerprint density at radius 3 is 2.77 bits per heavy atom. The normalized spacial score (nSPS) is 12.2. The van der Waals surface area contributed by atoms with Crippen molar-refractivity contribution in [2.75, 3.05) is 0 Å². The first-order chi connectivity index (χ1) is 6.09. The number of hydrogen-bond donors (Lipinski definition) is 0. The lowest BCUT2D eigenvalue weighted by atomic mass is 9.88. The Morgan fingerprint density at radius 2 is 2.08 bits per heavy atom. The summed E-state index contributed by atoms with van der Waals surface area (Å²) in [6.07, 6.45) is 3.39. The molecule has 4 heteroatoms. The van der Waals surface area contributed by atoms with Crippen molar-refractivity contribution < 1.29 is 0 Å². The van der Waals surface area contributed by atoms with Crippen molar-refractivity contribution in [2.45, 2.75) is 26.2 Å². The minimum absolute atomic E-state index is 0.0806. The molecule has 0 radical (unpaired) electrons. The molecule has 0 bridgehead atoms. The number of aromatic nitrogens is 4. The molecule has 0 spiro atoms. The van der Waals surface area contributed by atoms with E-state index in [4.69, 9.17) is 0 Å². The minimum atomic E-state index is 0.0806. The highest BCUT2D eigenvalue weighted by atomic mass is 15.3. The summed E-state index contributed by atoms with van der Waals surface area (Å²) < 4.78 is 1.70. The van der Waals surface area contributed by atoms with Gasteiger partial charge in [-0.05, 0) is 11.5 Å². The van der Waals surface area contributed by atoms with Gasteiger partial charge in [0.15, 0.2) is 5.65 Å². The highest BCUT2D eigenvalue weighted by Gasteiger charge is 2.18. The van der Waals surface area contributed by atoms with Crippen LogP contribution in [-0.4, -0.2) is 19.8 Å². The molecule has 2 aromatic heterocycles. The van der Waals surface area contributed by atoms with Gasteiger partial charge < -0.3 is 0 Å². The SMILES string of the molecule is CC(C)(C)c1ccnn2cnnc12. The molecule has 2 heterocycles. The third kappa shape index (κ3) is 1.28. The molecule has 0 atom stereocenters. The molecule has 68 valence electrons. The predicted molar refractivity (Wildman–Crippen MR) is 49.5 cm³/mol. The van der Waals surface area contributed by atoms with Crippen LogP contribution in [0.25, 0.3) is 5.65 Å². The summed E-state index contributed by atoms with van der Waals surface area (Å²) in [6.45, 7) is 6.45. The van der Waals surface area contributed by atoms with Gasteiger partial charge in [-0.3, -0.25) is 0 Å². The lowest BCUT2D eigenvalue weighted by Gasteiger charge is -2.18. The summed E-state index contributed by atoms with van der Waals surface area (Å²) in [4.78, 5) is 0. The van der Waals surface area contributed by atoms with Gasteiger partial charge in [-0.25, -0.2) is 4.52 Å². The molecule has 2 rings (SSSR count). The van der Waals surface area contributed by atoms with Crippen molar-refractivity contribution in [1.82, 2.24) is 19.8 Å². The molecule has 2 aromatic rings. The fourth-order valence-electron chi connectivity index (χ4n) is 1.33. The molecular formula is C9H12N4. The summed E-state index contributed by atoms with van der Waals surface area (Å²) in [5.41, 5.74) is 2.09. The zero-order valence-electron chi connectivity index (χ0n) is 8.02. The van der Waals surface area contributed by atoms with Gasteiger partial charge in [0, 0.05) is 11.8 Å². The highest BCUT2D eigenvalue weighted by molar-refractivity contribution is 5.48. The number of fused-ring (bicyclic) bond motifs is 1. The number of rotatable bonds is 0. The second-order valence-electron chi connectivity index (χ2n) is 4.09. The Labute approximate surface area is 76.6 Å². The van der Waals surface area contributed by atoms with Gasteiger partial charge in [0.05, 0.1) is 0 Å². The van der Waals surface area contributed by atoms with Gasteiger partial charge in [-0.1, -0.05) is 20.8 Å². The molecule has 0 saturated carbocycles. The number of nitrogens with zero attached hydrogens (tertiary/aromatic N) is 4. The Morgan fingerprint density at radius 1 is 1.31 bits per heavy atom. The fraction of sp³-hybridized carbons (Fsp3) is 0.444. The van der Waals surface area contributed by atoms with Gasteiger partial charge >= 0.3 is 0 Å². The van der Waals surface area contributed by atoms with Crippen molar-refractivity contribution in [2.24, 2.45) is 0 Å². The quantitative estimate of drug-likeness (QED) is 0.609. The average Bonchev–Trinajstić information content (AvgIpc) is 2.48.